The summed E-state index contributed by atoms with van der Waals surface area (Å²) in [6.07, 6.45) is 2.25. The fraction of sp³-hybridized carbons (Fsp3) is 0.367. The molecule has 0 aromatic heterocycles. The summed E-state index contributed by atoms with van der Waals surface area (Å²) in [6, 6.07) is 15.5. The first kappa shape index (κ1) is 26.3. The number of carbonyl (C=O) groups is 2. The van der Waals surface area contributed by atoms with E-state index in [1.807, 2.05) is 40.6 Å². The Morgan fingerprint density at radius 3 is 2.71 bits per heavy atom. The number of benzene rings is 2. The zero-order valence-electron chi connectivity index (χ0n) is 22.0. The third-order valence-corrected chi connectivity index (χ3v) is 7.85. The van der Waals surface area contributed by atoms with Crippen molar-refractivity contribution in [3.8, 4) is 0 Å². The highest BCUT2D eigenvalue weighted by Crippen LogP contribution is 2.47. The van der Waals surface area contributed by atoms with Gasteiger partial charge < -0.3 is 19.7 Å². The van der Waals surface area contributed by atoms with Gasteiger partial charge in [0.25, 0.3) is 0 Å². The molecule has 0 unspecified atom stereocenters. The van der Waals surface area contributed by atoms with Crippen LogP contribution in [0.15, 0.2) is 70.2 Å². The number of ether oxygens (including phenoxy) is 2. The Morgan fingerprint density at radius 2 is 2.00 bits per heavy atom. The molecule has 2 atom stereocenters. The number of aryl methyl sites for hydroxylation is 2. The van der Waals surface area contributed by atoms with Crippen molar-refractivity contribution in [3.63, 3.8) is 0 Å². The molecule has 0 aliphatic carbocycles. The normalized spacial score (nSPS) is 20.7. The number of thioether (sulfide) groups is 1. The van der Waals surface area contributed by atoms with Gasteiger partial charge in [-0.3, -0.25) is 4.79 Å². The molecule has 38 heavy (non-hydrogen) atoms. The maximum absolute atomic E-state index is 13.6. The van der Waals surface area contributed by atoms with Gasteiger partial charge in [-0.1, -0.05) is 65.9 Å². The minimum atomic E-state index is -0.482. The summed E-state index contributed by atoms with van der Waals surface area (Å²) in [5.74, 6) is -0.485. The van der Waals surface area contributed by atoms with Gasteiger partial charge >= 0.3 is 5.97 Å². The van der Waals surface area contributed by atoms with E-state index in [0.717, 1.165) is 52.6 Å². The quantitative estimate of drug-likeness (QED) is 0.468. The maximum atomic E-state index is 13.6. The van der Waals surface area contributed by atoms with Gasteiger partial charge in [-0.25, -0.2) is 9.79 Å². The SMILES string of the molecule is CCOC(=O)C1=C(c2ccccc2)N=C2SC=C(CC(=O)NC[C@H]3CCCO3)N2[C@@H]1c1ccc(C)cc1C. The summed E-state index contributed by atoms with van der Waals surface area (Å²) in [5.41, 5.74) is 5.91. The van der Waals surface area contributed by atoms with Crippen molar-refractivity contribution in [3.05, 3.63) is 87.5 Å². The van der Waals surface area contributed by atoms with E-state index in [1.54, 1.807) is 6.92 Å². The molecule has 8 heteroatoms. The lowest BCUT2D eigenvalue weighted by Crippen LogP contribution is -2.39. The van der Waals surface area contributed by atoms with Crippen molar-refractivity contribution in [2.24, 2.45) is 4.99 Å². The number of esters is 1. The number of fused-ring (bicyclic) bond motifs is 1. The van der Waals surface area contributed by atoms with Crippen LogP contribution in [0.3, 0.4) is 0 Å². The Hall–Kier alpha value is -3.36. The number of nitrogens with zero attached hydrogens (tertiary/aromatic N) is 2. The summed E-state index contributed by atoms with van der Waals surface area (Å²) in [6.45, 7) is 7.42. The Kier molecular flexibility index (Phi) is 8.00. The molecule has 0 radical (unpaired) electrons. The van der Waals surface area contributed by atoms with Crippen LogP contribution in [-0.4, -0.2) is 47.8 Å². The van der Waals surface area contributed by atoms with Crippen LogP contribution in [0.25, 0.3) is 5.70 Å². The Bertz CT molecular complexity index is 1310. The minimum Gasteiger partial charge on any atom is -0.463 e. The van der Waals surface area contributed by atoms with Crippen molar-refractivity contribution >= 4 is 34.5 Å². The average molecular weight is 532 g/mol. The fourth-order valence-corrected chi connectivity index (χ4v) is 6.09. The van der Waals surface area contributed by atoms with Crippen molar-refractivity contribution in [2.45, 2.75) is 52.2 Å². The molecule has 1 amide bonds. The summed E-state index contributed by atoms with van der Waals surface area (Å²) in [5, 5.41) is 5.73. The average Bonchev–Trinajstić information content (AvgIpc) is 3.57. The van der Waals surface area contributed by atoms with Gasteiger partial charge in [-0.2, -0.15) is 0 Å². The zero-order chi connectivity index (χ0) is 26.6. The highest BCUT2D eigenvalue weighted by molar-refractivity contribution is 8.16. The number of nitrogens with one attached hydrogen (secondary N) is 1. The monoisotopic (exact) mass is 531 g/mol. The van der Waals surface area contributed by atoms with E-state index in [4.69, 9.17) is 14.5 Å². The van der Waals surface area contributed by atoms with E-state index in [9.17, 15) is 9.59 Å². The van der Waals surface area contributed by atoms with Crippen LogP contribution in [0.5, 0.6) is 0 Å². The fourth-order valence-electron chi connectivity index (χ4n) is 5.18. The van der Waals surface area contributed by atoms with Gasteiger partial charge in [-0.05, 0) is 50.1 Å². The molecule has 1 saturated heterocycles. The van der Waals surface area contributed by atoms with Crippen LogP contribution in [0.2, 0.25) is 0 Å². The van der Waals surface area contributed by atoms with E-state index in [0.29, 0.717) is 17.8 Å². The van der Waals surface area contributed by atoms with E-state index < -0.39 is 12.0 Å². The summed E-state index contributed by atoms with van der Waals surface area (Å²) >= 11 is 1.48. The zero-order valence-corrected chi connectivity index (χ0v) is 22.8. The number of hydrogen-bond donors (Lipinski definition) is 1. The first-order chi connectivity index (χ1) is 18.5. The van der Waals surface area contributed by atoms with Crippen LogP contribution in [-0.2, 0) is 19.1 Å². The summed E-state index contributed by atoms with van der Waals surface area (Å²) in [7, 11) is 0. The second-order valence-corrected chi connectivity index (χ2v) is 10.6. The summed E-state index contributed by atoms with van der Waals surface area (Å²) < 4.78 is 11.3. The van der Waals surface area contributed by atoms with Crippen LogP contribution in [0.4, 0.5) is 0 Å². The van der Waals surface area contributed by atoms with Crippen LogP contribution in [0, 0.1) is 13.8 Å². The van der Waals surface area contributed by atoms with Gasteiger partial charge in [0.15, 0.2) is 5.17 Å². The molecule has 0 bridgehead atoms. The number of carbonyl (C=O) groups excluding carboxylic acids is 2. The van der Waals surface area contributed by atoms with E-state index in [1.165, 1.54) is 11.8 Å². The van der Waals surface area contributed by atoms with Crippen molar-refractivity contribution in [1.82, 2.24) is 10.2 Å². The number of aliphatic imine (C=N–C) groups is 1. The highest BCUT2D eigenvalue weighted by Gasteiger charge is 2.42. The molecule has 1 fully saturated rings. The molecular weight excluding hydrogens is 498 g/mol. The highest BCUT2D eigenvalue weighted by atomic mass is 32.2. The molecule has 3 aliphatic rings. The molecule has 198 valence electrons. The first-order valence-electron chi connectivity index (χ1n) is 13.1. The van der Waals surface area contributed by atoms with Crippen LogP contribution >= 0.6 is 11.8 Å². The van der Waals surface area contributed by atoms with Crippen LogP contribution in [0.1, 0.15) is 54.5 Å². The lowest BCUT2D eigenvalue weighted by molar-refractivity contribution is -0.139. The smallest absolute Gasteiger partial charge is 0.338 e. The molecular formula is C30H33N3O4S. The lowest BCUT2D eigenvalue weighted by Gasteiger charge is -2.37. The second-order valence-electron chi connectivity index (χ2n) is 9.72. The Balaban J connectivity index is 1.55. The molecule has 7 nitrogen and oxygen atoms in total. The number of rotatable bonds is 8. The molecule has 3 heterocycles. The maximum Gasteiger partial charge on any atom is 0.338 e. The third-order valence-electron chi connectivity index (χ3n) is 6.97. The van der Waals surface area contributed by atoms with Crippen molar-refractivity contribution in [2.75, 3.05) is 19.8 Å². The largest absolute Gasteiger partial charge is 0.463 e. The Labute approximate surface area is 228 Å². The molecule has 0 spiro atoms. The number of amidine groups is 1. The standard InChI is InChI=1S/C30H33N3O4S/c1-4-36-29(35)26-27(21-9-6-5-7-10-21)32-30-33(28(26)24-13-12-19(2)15-20(24)3)22(18-38-30)16-25(34)31-17-23-11-8-14-37-23/h5-7,9-10,12-13,15,18,23,28H,4,8,11,14,16-17H2,1-3H3,(H,31,34)/t23-,28-/m1/s1. The van der Waals surface area contributed by atoms with E-state index in [-0.39, 0.29) is 25.0 Å². The first-order valence-corrected chi connectivity index (χ1v) is 14.0. The molecule has 3 aliphatic heterocycles. The van der Waals surface area contributed by atoms with E-state index in [2.05, 4.69) is 37.4 Å². The van der Waals surface area contributed by atoms with E-state index >= 15 is 0 Å². The van der Waals surface area contributed by atoms with Crippen molar-refractivity contribution in [1.29, 1.82) is 0 Å². The molecule has 2 aromatic rings. The lowest BCUT2D eigenvalue weighted by atomic mass is 9.88. The van der Waals surface area contributed by atoms with Gasteiger partial charge in [-0.15, -0.1) is 0 Å². The minimum absolute atomic E-state index is 0.0766. The van der Waals surface area contributed by atoms with Gasteiger partial charge in [0, 0.05) is 24.4 Å². The molecule has 2 aromatic carbocycles. The number of hydrogen-bond acceptors (Lipinski definition) is 7. The predicted octanol–water partition coefficient (Wildman–Crippen LogP) is 5.26. The number of amides is 1. The van der Waals surface area contributed by atoms with Gasteiger partial charge in [0.1, 0.15) is 0 Å². The third kappa shape index (κ3) is 5.42. The second kappa shape index (κ2) is 11.6. The van der Waals surface area contributed by atoms with Crippen LogP contribution < -0.4 is 5.32 Å². The molecule has 1 N–H and O–H groups in total. The topological polar surface area (TPSA) is 80.2 Å². The van der Waals surface area contributed by atoms with Gasteiger partial charge in [0.05, 0.1) is 36.4 Å². The molecule has 5 rings (SSSR count). The predicted molar refractivity (Wildman–Crippen MR) is 150 cm³/mol. The van der Waals surface area contributed by atoms with Crippen molar-refractivity contribution < 1.29 is 19.1 Å². The van der Waals surface area contributed by atoms with Gasteiger partial charge in [0.2, 0.25) is 5.91 Å². The Morgan fingerprint density at radius 1 is 1.18 bits per heavy atom. The molecule has 0 saturated carbocycles. The summed E-state index contributed by atoms with van der Waals surface area (Å²) in [4.78, 5) is 33.6.